The molecule has 0 saturated carbocycles. The third kappa shape index (κ3) is 0.877. The Balaban J connectivity index is 2.60. The number of hydrogen-bond donors (Lipinski definition) is 1. The van der Waals surface area contributed by atoms with Crippen molar-refractivity contribution < 1.29 is 0 Å². The van der Waals surface area contributed by atoms with E-state index in [1.165, 1.54) is 0 Å². The van der Waals surface area contributed by atoms with E-state index < -0.39 is 0 Å². The van der Waals surface area contributed by atoms with Crippen LogP contribution < -0.4 is 5.73 Å². The molecule has 0 spiro atoms. The second-order valence-electron chi connectivity index (χ2n) is 3.16. The van der Waals surface area contributed by atoms with Crippen molar-refractivity contribution in [2.24, 2.45) is 0 Å². The average Bonchev–Trinajstić information content (AvgIpc) is 2.59. The van der Waals surface area contributed by atoms with E-state index in [0.717, 1.165) is 16.4 Å². The molecule has 1 aromatic carbocycles. The van der Waals surface area contributed by atoms with Crippen LogP contribution in [0.4, 0.5) is 5.82 Å². The van der Waals surface area contributed by atoms with Crippen molar-refractivity contribution in [2.75, 3.05) is 5.73 Å². The van der Waals surface area contributed by atoms with Crippen LogP contribution in [0.25, 0.3) is 16.4 Å². The predicted octanol–water partition coefficient (Wildman–Crippen LogP) is 1.46. The van der Waals surface area contributed by atoms with E-state index in [0.29, 0.717) is 5.82 Å². The first-order chi connectivity index (χ1) is 6.84. The normalized spacial score (nSPS) is 11.1. The molecule has 3 rings (SSSR count). The Hall–Kier alpha value is -2.10. The van der Waals surface area contributed by atoms with Gasteiger partial charge in [0.1, 0.15) is 12.1 Å². The van der Waals surface area contributed by atoms with Gasteiger partial charge in [0.2, 0.25) is 0 Å². The molecular formula is C10H8N4. The third-order valence-corrected chi connectivity index (χ3v) is 2.24. The number of rotatable bonds is 0. The Morgan fingerprint density at radius 2 is 2.07 bits per heavy atom. The van der Waals surface area contributed by atoms with Gasteiger partial charge in [-0.15, -0.1) is 5.10 Å². The minimum atomic E-state index is 0.517. The number of nitrogens with zero attached hydrogens (tertiary/aromatic N) is 3. The zero-order chi connectivity index (χ0) is 9.54. The van der Waals surface area contributed by atoms with Crippen molar-refractivity contribution in [2.45, 2.75) is 0 Å². The summed E-state index contributed by atoms with van der Waals surface area (Å²) in [6.45, 7) is 0. The maximum absolute atomic E-state index is 5.62. The molecule has 0 unspecified atom stereocenters. The molecule has 0 atom stereocenters. The van der Waals surface area contributed by atoms with Gasteiger partial charge in [0, 0.05) is 11.5 Å². The smallest absolute Gasteiger partial charge is 0.146 e. The molecular weight excluding hydrogens is 176 g/mol. The van der Waals surface area contributed by atoms with Gasteiger partial charge in [-0.1, -0.05) is 18.2 Å². The molecule has 0 aliphatic rings. The van der Waals surface area contributed by atoms with Crippen molar-refractivity contribution in [3.63, 3.8) is 0 Å². The first-order valence-electron chi connectivity index (χ1n) is 4.33. The topological polar surface area (TPSA) is 56.2 Å². The molecule has 3 aromatic rings. The summed E-state index contributed by atoms with van der Waals surface area (Å²) in [4.78, 5) is 4.27. The Kier molecular flexibility index (Phi) is 1.28. The second kappa shape index (κ2) is 2.45. The molecule has 14 heavy (non-hydrogen) atoms. The minimum Gasteiger partial charge on any atom is -0.382 e. The molecule has 2 aromatic heterocycles. The molecule has 0 aliphatic carbocycles. The number of hydrogen-bond acceptors (Lipinski definition) is 3. The van der Waals surface area contributed by atoms with Gasteiger partial charge in [-0.05, 0) is 6.07 Å². The molecule has 0 bridgehead atoms. The fraction of sp³-hybridized carbons (Fsp3) is 0. The summed E-state index contributed by atoms with van der Waals surface area (Å²) >= 11 is 0. The molecule has 0 aliphatic heterocycles. The largest absolute Gasteiger partial charge is 0.382 e. The maximum Gasteiger partial charge on any atom is 0.146 e. The molecule has 4 nitrogen and oxygen atoms in total. The lowest BCUT2D eigenvalue weighted by Gasteiger charge is -1.97. The summed E-state index contributed by atoms with van der Waals surface area (Å²) < 4.78 is 1.69. The molecule has 0 saturated heterocycles. The van der Waals surface area contributed by atoms with Crippen LogP contribution in [-0.4, -0.2) is 14.6 Å². The van der Waals surface area contributed by atoms with E-state index in [4.69, 9.17) is 5.73 Å². The monoisotopic (exact) mass is 184 g/mol. The van der Waals surface area contributed by atoms with Gasteiger partial charge in [-0.2, -0.15) is 0 Å². The summed E-state index contributed by atoms with van der Waals surface area (Å²) in [5, 5.41) is 5.16. The van der Waals surface area contributed by atoms with E-state index >= 15 is 0 Å². The average molecular weight is 184 g/mol. The van der Waals surface area contributed by atoms with Crippen molar-refractivity contribution >= 4 is 22.2 Å². The molecule has 2 heterocycles. The highest BCUT2D eigenvalue weighted by molar-refractivity contribution is 5.93. The standard InChI is InChI=1S/C10H8N4/c11-10-5-9-7-3-1-2-4-8(7)12-6-14(9)13-10/h1-6H,(H2,11,13). The Bertz CT molecular complexity index is 612. The van der Waals surface area contributed by atoms with Gasteiger partial charge in [0.15, 0.2) is 0 Å². The third-order valence-electron chi connectivity index (χ3n) is 2.24. The van der Waals surface area contributed by atoms with E-state index in [1.807, 2.05) is 30.3 Å². The zero-order valence-corrected chi connectivity index (χ0v) is 7.38. The zero-order valence-electron chi connectivity index (χ0n) is 7.38. The molecule has 4 heteroatoms. The van der Waals surface area contributed by atoms with Crippen LogP contribution >= 0.6 is 0 Å². The van der Waals surface area contributed by atoms with Crippen LogP contribution in [-0.2, 0) is 0 Å². The van der Waals surface area contributed by atoms with Gasteiger partial charge in [-0.3, -0.25) is 0 Å². The maximum atomic E-state index is 5.62. The number of para-hydroxylation sites is 1. The number of benzene rings is 1. The molecule has 0 amide bonds. The Morgan fingerprint density at radius 3 is 3.00 bits per heavy atom. The van der Waals surface area contributed by atoms with E-state index in [2.05, 4.69) is 10.1 Å². The van der Waals surface area contributed by atoms with Crippen LogP contribution in [0, 0.1) is 0 Å². The van der Waals surface area contributed by atoms with Crippen LogP contribution in [0.1, 0.15) is 0 Å². The predicted molar refractivity (Wildman–Crippen MR) is 54.9 cm³/mol. The van der Waals surface area contributed by atoms with Crippen molar-refractivity contribution in [3.8, 4) is 0 Å². The van der Waals surface area contributed by atoms with Gasteiger partial charge in [0.05, 0.1) is 11.0 Å². The Labute approximate surface area is 80.0 Å². The first kappa shape index (κ1) is 7.32. The molecule has 68 valence electrons. The van der Waals surface area contributed by atoms with Crippen molar-refractivity contribution in [1.82, 2.24) is 14.6 Å². The fourth-order valence-electron chi connectivity index (χ4n) is 1.62. The summed E-state index contributed by atoms with van der Waals surface area (Å²) in [6.07, 6.45) is 1.67. The van der Waals surface area contributed by atoms with Crippen LogP contribution in [0.15, 0.2) is 36.7 Å². The number of anilines is 1. The van der Waals surface area contributed by atoms with E-state index in [1.54, 1.807) is 10.8 Å². The van der Waals surface area contributed by atoms with Crippen molar-refractivity contribution in [1.29, 1.82) is 0 Å². The van der Waals surface area contributed by atoms with Crippen LogP contribution in [0.5, 0.6) is 0 Å². The number of nitrogen functional groups attached to an aromatic ring is 1. The first-order valence-corrected chi connectivity index (χ1v) is 4.33. The Morgan fingerprint density at radius 1 is 1.21 bits per heavy atom. The van der Waals surface area contributed by atoms with Crippen LogP contribution in [0.2, 0.25) is 0 Å². The van der Waals surface area contributed by atoms with Gasteiger partial charge in [0.25, 0.3) is 0 Å². The number of nitrogens with two attached hydrogens (primary N) is 1. The lowest BCUT2D eigenvalue weighted by molar-refractivity contribution is 0.940. The highest BCUT2D eigenvalue weighted by Crippen LogP contribution is 2.18. The van der Waals surface area contributed by atoms with Crippen molar-refractivity contribution in [3.05, 3.63) is 36.7 Å². The molecule has 2 N–H and O–H groups in total. The number of aromatic nitrogens is 3. The summed E-state index contributed by atoms with van der Waals surface area (Å²) in [5.74, 6) is 0.517. The molecule has 0 radical (unpaired) electrons. The van der Waals surface area contributed by atoms with E-state index in [9.17, 15) is 0 Å². The second-order valence-corrected chi connectivity index (χ2v) is 3.16. The summed E-state index contributed by atoms with van der Waals surface area (Å²) in [6, 6.07) is 9.78. The SMILES string of the molecule is Nc1cc2c3ccccc3ncn2n1. The summed E-state index contributed by atoms with van der Waals surface area (Å²) in [5.41, 5.74) is 7.57. The lowest BCUT2D eigenvalue weighted by Crippen LogP contribution is -1.91. The number of fused-ring (bicyclic) bond motifs is 3. The van der Waals surface area contributed by atoms with Gasteiger partial charge < -0.3 is 5.73 Å². The minimum absolute atomic E-state index is 0.517. The van der Waals surface area contributed by atoms with Gasteiger partial charge >= 0.3 is 0 Å². The van der Waals surface area contributed by atoms with Crippen LogP contribution in [0.3, 0.4) is 0 Å². The summed E-state index contributed by atoms with van der Waals surface area (Å²) in [7, 11) is 0. The molecule has 0 fully saturated rings. The lowest BCUT2D eigenvalue weighted by atomic mass is 10.2. The fourth-order valence-corrected chi connectivity index (χ4v) is 1.62. The highest BCUT2D eigenvalue weighted by atomic mass is 15.3. The van der Waals surface area contributed by atoms with E-state index in [-0.39, 0.29) is 0 Å². The highest BCUT2D eigenvalue weighted by Gasteiger charge is 2.02. The van der Waals surface area contributed by atoms with Gasteiger partial charge in [-0.25, -0.2) is 9.50 Å². The quantitative estimate of drug-likeness (QED) is 0.575.